The fourth-order valence-corrected chi connectivity index (χ4v) is 5.97. The number of Topliss-reactive ketones (excluding diaryl/α,β-unsaturated/α-hetero) is 1. The first-order valence-corrected chi connectivity index (χ1v) is 20.1. The van der Waals surface area contributed by atoms with Gasteiger partial charge in [-0.25, -0.2) is 0 Å². The molecule has 5 aromatic rings. The van der Waals surface area contributed by atoms with Crippen molar-refractivity contribution in [2.45, 2.75) is 75.2 Å². The molecule has 1 heterocycles. The van der Waals surface area contributed by atoms with E-state index in [0.717, 1.165) is 59.7 Å². The summed E-state index contributed by atoms with van der Waals surface area (Å²) in [4.78, 5) is 96.3. The number of hydrogen-bond donors (Lipinski definition) is 4. The molecule has 1 aliphatic rings. The molecule has 4 N–H and O–H groups in total. The van der Waals surface area contributed by atoms with Crippen LogP contribution in [0.1, 0.15) is 88.4 Å². The second kappa shape index (κ2) is 23.4. The van der Waals surface area contributed by atoms with E-state index in [0.29, 0.717) is 0 Å². The number of rotatable bonds is 7. The molecule has 1 unspecified atom stereocenters. The highest BCUT2D eigenvalue weighted by Crippen LogP contribution is 2.50. The molecule has 0 saturated heterocycles. The molecule has 67 heavy (non-hydrogen) atoms. The average molecular weight is 929 g/mol. The van der Waals surface area contributed by atoms with Gasteiger partial charge in [-0.3, -0.25) is 38.4 Å². The third-order valence-corrected chi connectivity index (χ3v) is 8.78. The van der Waals surface area contributed by atoms with Gasteiger partial charge in [-0.1, -0.05) is 50.2 Å². The Labute approximate surface area is 383 Å². The van der Waals surface area contributed by atoms with E-state index in [-0.39, 0.29) is 57.3 Å². The number of fused-ring (bicyclic) bond motifs is 2. The molecular weight excluding hydrogens is 881 g/mol. The molecule has 0 saturated carbocycles. The van der Waals surface area contributed by atoms with Crippen LogP contribution >= 0.6 is 0 Å². The van der Waals surface area contributed by atoms with E-state index >= 15 is 0 Å². The number of benzene rings is 4. The highest BCUT2D eigenvalue weighted by Gasteiger charge is 2.39. The van der Waals surface area contributed by atoms with Crippen LogP contribution in [0.25, 0.3) is 10.8 Å². The second-order valence-electron chi connectivity index (χ2n) is 13.9. The minimum atomic E-state index is -1.21. The summed E-state index contributed by atoms with van der Waals surface area (Å²) >= 11 is 0. The average Bonchev–Trinajstić information content (AvgIpc) is 3.37. The molecular formula is C48H48O19. The van der Waals surface area contributed by atoms with Crippen LogP contribution < -0.4 is 38.6 Å². The van der Waals surface area contributed by atoms with Crippen LogP contribution in [-0.2, 0) is 28.8 Å². The Bertz CT molecular complexity index is 2750. The van der Waals surface area contributed by atoms with Crippen molar-refractivity contribution >= 4 is 52.4 Å². The summed E-state index contributed by atoms with van der Waals surface area (Å²) in [7, 11) is 0. The number of esters is 6. The van der Waals surface area contributed by atoms with Crippen molar-refractivity contribution in [3.8, 4) is 63.2 Å². The maximum atomic E-state index is 13.9. The molecule has 0 aromatic heterocycles. The Morgan fingerprint density at radius 2 is 0.985 bits per heavy atom. The zero-order valence-electron chi connectivity index (χ0n) is 38.0. The van der Waals surface area contributed by atoms with Crippen molar-refractivity contribution < 1.29 is 87.1 Å². The standard InChI is InChI=1S/C27H24O14.C11H8O5.C8H10.C2H6/c1-11(28)36-20-7-17(8-21(37-12(2)29)25(20)39-14(4)31)18-10-35-19-9-22(38-13(3)30)26(40-15(5)32)27(41-16(6)33)23(19)24(18)34;12-6-3-1-2-5-4-7(13)10(15)11(16)8(5)9(6)14;1-7-5-3-4-6-8(7)2;1-2/h7-9,18H,10H2,1-6H3;1-4,13,15-16H,(H,12,14);3-6H,1-2H3;1-2H3. The summed E-state index contributed by atoms with van der Waals surface area (Å²) in [5.74, 6) is -12.3. The van der Waals surface area contributed by atoms with Gasteiger partial charge in [0.1, 0.15) is 17.9 Å². The van der Waals surface area contributed by atoms with Gasteiger partial charge in [0.05, 0.1) is 11.3 Å². The van der Waals surface area contributed by atoms with Crippen LogP contribution in [0, 0.1) is 13.8 Å². The maximum absolute atomic E-state index is 13.9. The lowest BCUT2D eigenvalue weighted by molar-refractivity contribution is -0.135. The number of carbonyl (C=O) groups is 7. The third-order valence-electron chi connectivity index (χ3n) is 8.78. The van der Waals surface area contributed by atoms with Crippen LogP contribution in [0.5, 0.6) is 63.2 Å². The maximum Gasteiger partial charge on any atom is 0.308 e. The normalized spacial score (nSPS) is 12.0. The van der Waals surface area contributed by atoms with Crippen LogP contribution in [0.4, 0.5) is 0 Å². The zero-order valence-corrected chi connectivity index (χ0v) is 38.0. The minimum Gasteiger partial charge on any atom is -0.504 e. The Kier molecular flexibility index (Phi) is 18.5. The number of aromatic hydroxyl groups is 4. The predicted octanol–water partition coefficient (Wildman–Crippen LogP) is 6.95. The van der Waals surface area contributed by atoms with E-state index in [1.165, 1.54) is 35.4 Å². The minimum absolute atomic E-state index is 0.0796. The SMILES string of the molecule is CC.CC(=O)Oc1cc(C2COc3cc(OC(C)=O)c(OC(C)=O)c(OC(C)=O)c3C2=O)cc(OC(C)=O)c1OC(C)=O.Cc1ccccc1C.O=c1c(O)cccc2cc(O)c(O)c(O)c12. The number of aryl methyl sites for hydroxylation is 2. The lowest BCUT2D eigenvalue weighted by Gasteiger charge is -2.28. The molecule has 0 bridgehead atoms. The fraction of sp³-hybridized carbons (Fsp3) is 0.250. The number of ketones is 1. The van der Waals surface area contributed by atoms with Crippen molar-refractivity contribution in [2.75, 3.05) is 6.61 Å². The van der Waals surface area contributed by atoms with Gasteiger partial charge >= 0.3 is 35.8 Å². The molecule has 1 atom stereocenters. The summed E-state index contributed by atoms with van der Waals surface area (Å²) in [6.45, 7) is 14.2. The molecule has 0 radical (unpaired) electrons. The second-order valence-corrected chi connectivity index (χ2v) is 13.9. The Morgan fingerprint density at radius 1 is 0.537 bits per heavy atom. The first-order chi connectivity index (χ1) is 31.5. The Hall–Kier alpha value is -8.48. The predicted molar refractivity (Wildman–Crippen MR) is 237 cm³/mol. The quantitative estimate of drug-likeness (QED) is 0.0729. The summed E-state index contributed by atoms with van der Waals surface area (Å²) in [5.41, 5.74) is 1.67. The van der Waals surface area contributed by atoms with Gasteiger partial charge in [-0.05, 0) is 60.2 Å². The fourth-order valence-electron chi connectivity index (χ4n) is 5.97. The van der Waals surface area contributed by atoms with Gasteiger partial charge in [0.25, 0.3) is 0 Å². The molecule has 354 valence electrons. The number of ether oxygens (including phenoxy) is 7. The monoisotopic (exact) mass is 928 g/mol. The van der Waals surface area contributed by atoms with Crippen molar-refractivity contribution in [1.82, 2.24) is 0 Å². The first kappa shape index (κ1) is 52.9. The van der Waals surface area contributed by atoms with Crippen molar-refractivity contribution in [1.29, 1.82) is 0 Å². The molecule has 1 aliphatic heterocycles. The van der Waals surface area contributed by atoms with Crippen molar-refractivity contribution in [3.63, 3.8) is 0 Å². The van der Waals surface area contributed by atoms with E-state index in [1.54, 1.807) is 0 Å². The summed E-state index contributed by atoms with van der Waals surface area (Å²) in [5, 5.41) is 37.4. The van der Waals surface area contributed by atoms with Gasteiger partial charge in [0.2, 0.25) is 22.7 Å². The molecule has 19 nitrogen and oxygen atoms in total. The van der Waals surface area contributed by atoms with Crippen LogP contribution in [0.2, 0.25) is 0 Å². The van der Waals surface area contributed by atoms with Crippen molar-refractivity contribution in [2.24, 2.45) is 0 Å². The summed E-state index contributed by atoms with van der Waals surface area (Å²) in [6, 6.07) is 17.0. The van der Waals surface area contributed by atoms with Crippen LogP contribution in [0.15, 0.2) is 71.5 Å². The highest BCUT2D eigenvalue weighted by molar-refractivity contribution is 6.08. The molecule has 0 fully saturated rings. The molecule has 5 aromatic carbocycles. The van der Waals surface area contributed by atoms with Crippen LogP contribution in [-0.4, -0.2) is 68.6 Å². The van der Waals surface area contributed by atoms with E-state index in [1.807, 2.05) is 13.8 Å². The van der Waals surface area contributed by atoms with E-state index < -0.39 is 87.4 Å². The highest BCUT2D eigenvalue weighted by atomic mass is 16.6. The number of carbonyl (C=O) groups excluding carboxylic acids is 7. The van der Waals surface area contributed by atoms with Crippen molar-refractivity contribution in [3.05, 3.63) is 99.2 Å². The van der Waals surface area contributed by atoms with Gasteiger partial charge in [-0.2, -0.15) is 0 Å². The molecule has 0 spiro atoms. The summed E-state index contributed by atoms with van der Waals surface area (Å²) < 4.78 is 36.7. The molecule has 6 rings (SSSR count). The van der Waals surface area contributed by atoms with Gasteiger partial charge < -0.3 is 53.6 Å². The number of phenols is 3. The third kappa shape index (κ3) is 13.8. The number of hydrogen-bond acceptors (Lipinski definition) is 19. The van der Waals surface area contributed by atoms with E-state index in [4.69, 9.17) is 33.2 Å². The smallest absolute Gasteiger partial charge is 0.308 e. The lowest BCUT2D eigenvalue weighted by atomic mass is 9.87. The van der Waals surface area contributed by atoms with E-state index in [2.05, 4.69) is 38.1 Å². The molecule has 0 aliphatic carbocycles. The largest absolute Gasteiger partial charge is 0.504 e. The first-order valence-electron chi connectivity index (χ1n) is 20.1. The van der Waals surface area contributed by atoms with Gasteiger partial charge in [0.15, 0.2) is 46.0 Å². The molecule has 0 amide bonds. The van der Waals surface area contributed by atoms with Crippen LogP contribution in [0.3, 0.4) is 0 Å². The van der Waals surface area contributed by atoms with E-state index in [9.17, 15) is 58.8 Å². The Morgan fingerprint density at radius 3 is 1.45 bits per heavy atom. The summed E-state index contributed by atoms with van der Waals surface area (Å²) in [6.07, 6.45) is 0. The topological polar surface area (TPSA) is 282 Å². The zero-order chi connectivity index (χ0) is 50.4. The van der Waals surface area contributed by atoms with Gasteiger partial charge in [-0.15, -0.1) is 0 Å². The molecule has 19 heteroatoms. The Balaban J connectivity index is 0.000000369. The lowest BCUT2D eigenvalue weighted by Crippen LogP contribution is -2.28. The number of phenolic OH excluding ortho intramolecular Hbond substituents is 3. The van der Waals surface area contributed by atoms with Gasteiger partial charge in [0, 0.05) is 47.6 Å².